The Morgan fingerprint density at radius 2 is 1.79 bits per heavy atom. The summed E-state index contributed by atoms with van der Waals surface area (Å²) in [5, 5.41) is 2.94. The molecule has 0 saturated carbocycles. The van der Waals surface area contributed by atoms with Crippen LogP contribution >= 0.6 is 12.4 Å². The molecule has 1 aromatic rings. The Balaban J connectivity index is 0.00000324. The van der Waals surface area contributed by atoms with Crippen molar-refractivity contribution < 1.29 is 4.79 Å². The molecular formula is C15H25ClN2O. The summed E-state index contributed by atoms with van der Waals surface area (Å²) < 4.78 is 0. The van der Waals surface area contributed by atoms with Crippen LogP contribution in [0.3, 0.4) is 0 Å². The third-order valence-electron chi connectivity index (χ3n) is 3.28. The molecule has 0 bridgehead atoms. The van der Waals surface area contributed by atoms with Crippen molar-refractivity contribution in [2.45, 2.75) is 39.2 Å². The lowest BCUT2D eigenvalue weighted by Crippen LogP contribution is -2.47. The van der Waals surface area contributed by atoms with Gasteiger partial charge in [-0.3, -0.25) is 4.79 Å². The van der Waals surface area contributed by atoms with Crippen LogP contribution in [-0.2, 0) is 10.2 Å². The zero-order valence-corrected chi connectivity index (χ0v) is 13.0. The van der Waals surface area contributed by atoms with Gasteiger partial charge in [0.1, 0.15) is 0 Å². The van der Waals surface area contributed by atoms with E-state index < -0.39 is 6.04 Å². The topological polar surface area (TPSA) is 55.1 Å². The zero-order valence-electron chi connectivity index (χ0n) is 12.1. The number of carbonyl (C=O) groups excluding carboxylic acids is 1. The summed E-state index contributed by atoms with van der Waals surface area (Å²) in [5.74, 6) is 0.0823. The molecule has 1 aromatic carbocycles. The molecule has 0 aliphatic carbocycles. The number of nitrogens with one attached hydrogen (secondary N) is 1. The highest BCUT2D eigenvalue weighted by atomic mass is 35.5. The lowest BCUT2D eigenvalue weighted by Gasteiger charge is -2.27. The fourth-order valence-electron chi connectivity index (χ4n) is 1.72. The van der Waals surface area contributed by atoms with Gasteiger partial charge in [-0.25, -0.2) is 0 Å². The molecule has 1 atom stereocenters. The van der Waals surface area contributed by atoms with Crippen molar-refractivity contribution in [3.05, 3.63) is 35.9 Å². The SMILES string of the molecule is CC(C)[C@H](N)C(=O)NCC(C)(C)c1ccccc1.Cl. The maximum absolute atomic E-state index is 11.8. The normalized spacial score (nSPS) is 12.7. The standard InChI is InChI=1S/C15H24N2O.ClH/c1-11(2)13(16)14(18)17-10-15(3,4)12-8-6-5-7-9-12;/h5-9,11,13H,10,16H2,1-4H3,(H,17,18);1H/t13-;/m0./s1. The minimum absolute atomic E-state index is 0. The van der Waals surface area contributed by atoms with Crippen molar-refractivity contribution in [3.63, 3.8) is 0 Å². The van der Waals surface area contributed by atoms with Crippen molar-refractivity contribution in [2.24, 2.45) is 11.7 Å². The second-order valence-electron chi connectivity index (χ2n) is 5.74. The molecule has 0 saturated heterocycles. The highest BCUT2D eigenvalue weighted by Gasteiger charge is 2.23. The molecule has 0 aliphatic rings. The van der Waals surface area contributed by atoms with E-state index in [9.17, 15) is 4.79 Å². The van der Waals surface area contributed by atoms with Crippen molar-refractivity contribution in [2.75, 3.05) is 6.54 Å². The Morgan fingerprint density at radius 1 is 1.26 bits per heavy atom. The summed E-state index contributed by atoms with van der Waals surface area (Å²) in [6, 6.07) is 9.74. The Bertz CT molecular complexity index is 390. The Labute approximate surface area is 122 Å². The minimum Gasteiger partial charge on any atom is -0.354 e. The molecule has 1 rings (SSSR count). The fourth-order valence-corrected chi connectivity index (χ4v) is 1.72. The van der Waals surface area contributed by atoms with Crippen LogP contribution in [0.15, 0.2) is 30.3 Å². The first-order valence-electron chi connectivity index (χ1n) is 6.43. The van der Waals surface area contributed by atoms with E-state index in [-0.39, 0.29) is 29.6 Å². The summed E-state index contributed by atoms with van der Waals surface area (Å²) in [4.78, 5) is 11.8. The lowest BCUT2D eigenvalue weighted by molar-refractivity contribution is -0.123. The first-order valence-corrected chi connectivity index (χ1v) is 6.43. The van der Waals surface area contributed by atoms with E-state index in [0.29, 0.717) is 6.54 Å². The van der Waals surface area contributed by atoms with Crippen LogP contribution in [0.25, 0.3) is 0 Å². The van der Waals surface area contributed by atoms with E-state index in [2.05, 4.69) is 31.3 Å². The quantitative estimate of drug-likeness (QED) is 0.873. The highest BCUT2D eigenvalue weighted by molar-refractivity contribution is 5.85. The smallest absolute Gasteiger partial charge is 0.237 e. The summed E-state index contributed by atoms with van der Waals surface area (Å²) in [6.07, 6.45) is 0. The molecule has 19 heavy (non-hydrogen) atoms. The predicted molar refractivity (Wildman–Crippen MR) is 82.5 cm³/mol. The van der Waals surface area contributed by atoms with Crippen LogP contribution in [0.2, 0.25) is 0 Å². The highest BCUT2D eigenvalue weighted by Crippen LogP contribution is 2.21. The van der Waals surface area contributed by atoms with Gasteiger partial charge in [0.25, 0.3) is 0 Å². The monoisotopic (exact) mass is 284 g/mol. The third kappa shape index (κ3) is 5.21. The molecule has 0 fully saturated rings. The van der Waals surface area contributed by atoms with E-state index >= 15 is 0 Å². The first kappa shape index (κ1) is 17.9. The van der Waals surface area contributed by atoms with Crippen LogP contribution in [0, 0.1) is 5.92 Å². The molecular weight excluding hydrogens is 260 g/mol. The lowest BCUT2D eigenvalue weighted by atomic mass is 9.84. The number of rotatable bonds is 5. The fraction of sp³-hybridized carbons (Fsp3) is 0.533. The Kier molecular flexibility index (Phi) is 7.09. The zero-order chi connectivity index (χ0) is 13.8. The summed E-state index contributed by atoms with van der Waals surface area (Å²) in [7, 11) is 0. The van der Waals surface area contributed by atoms with Gasteiger partial charge < -0.3 is 11.1 Å². The largest absolute Gasteiger partial charge is 0.354 e. The second-order valence-corrected chi connectivity index (χ2v) is 5.74. The summed E-state index contributed by atoms with van der Waals surface area (Å²) in [5.41, 5.74) is 6.94. The predicted octanol–water partition coefficient (Wildman–Crippen LogP) is 2.49. The van der Waals surface area contributed by atoms with E-state index in [1.165, 1.54) is 5.56 Å². The van der Waals surface area contributed by atoms with Crippen molar-refractivity contribution in [1.29, 1.82) is 0 Å². The minimum atomic E-state index is -0.434. The van der Waals surface area contributed by atoms with Crippen LogP contribution in [0.1, 0.15) is 33.3 Å². The molecule has 3 nitrogen and oxygen atoms in total. The summed E-state index contributed by atoms with van der Waals surface area (Å²) in [6.45, 7) is 8.72. The van der Waals surface area contributed by atoms with E-state index in [0.717, 1.165) is 0 Å². The maximum Gasteiger partial charge on any atom is 0.237 e. The van der Waals surface area contributed by atoms with Crippen molar-refractivity contribution in [1.82, 2.24) is 5.32 Å². The molecule has 0 radical (unpaired) electrons. The van der Waals surface area contributed by atoms with Crippen LogP contribution < -0.4 is 11.1 Å². The van der Waals surface area contributed by atoms with Gasteiger partial charge in [0.2, 0.25) is 5.91 Å². The van der Waals surface area contributed by atoms with Gasteiger partial charge >= 0.3 is 0 Å². The van der Waals surface area contributed by atoms with E-state index in [1.807, 2.05) is 32.0 Å². The van der Waals surface area contributed by atoms with Gasteiger partial charge in [-0.05, 0) is 11.5 Å². The molecule has 0 spiro atoms. The van der Waals surface area contributed by atoms with Gasteiger partial charge in [-0.2, -0.15) is 0 Å². The molecule has 0 heterocycles. The van der Waals surface area contributed by atoms with Crippen molar-refractivity contribution in [3.8, 4) is 0 Å². The first-order chi connectivity index (χ1) is 8.34. The molecule has 0 aromatic heterocycles. The number of amides is 1. The molecule has 1 amide bonds. The van der Waals surface area contributed by atoms with Gasteiger partial charge in [0.05, 0.1) is 6.04 Å². The molecule has 108 valence electrons. The van der Waals surface area contributed by atoms with Crippen LogP contribution in [0.4, 0.5) is 0 Å². The Hall–Kier alpha value is -1.06. The third-order valence-corrected chi connectivity index (χ3v) is 3.28. The molecule has 0 unspecified atom stereocenters. The number of hydrogen-bond acceptors (Lipinski definition) is 2. The van der Waals surface area contributed by atoms with Gasteiger partial charge in [0.15, 0.2) is 0 Å². The average molecular weight is 285 g/mol. The van der Waals surface area contributed by atoms with Gasteiger partial charge in [0, 0.05) is 12.0 Å². The maximum atomic E-state index is 11.8. The number of halogens is 1. The van der Waals surface area contributed by atoms with Gasteiger partial charge in [-0.1, -0.05) is 58.0 Å². The number of carbonyl (C=O) groups is 1. The molecule has 4 heteroatoms. The second kappa shape index (κ2) is 7.51. The number of benzene rings is 1. The molecule has 3 N–H and O–H groups in total. The van der Waals surface area contributed by atoms with Gasteiger partial charge in [-0.15, -0.1) is 12.4 Å². The van der Waals surface area contributed by atoms with Crippen LogP contribution in [0.5, 0.6) is 0 Å². The number of nitrogens with two attached hydrogens (primary N) is 1. The van der Waals surface area contributed by atoms with E-state index in [1.54, 1.807) is 0 Å². The number of hydrogen-bond donors (Lipinski definition) is 2. The molecule has 0 aliphatic heterocycles. The van der Waals surface area contributed by atoms with Crippen LogP contribution in [-0.4, -0.2) is 18.5 Å². The average Bonchev–Trinajstić information content (AvgIpc) is 2.36. The van der Waals surface area contributed by atoms with E-state index in [4.69, 9.17) is 5.73 Å². The Morgan fingerprint density at radius 3 is 2.26 bits per heavy atom. The summed E-state index contributed by atoms with van der Waals surface area (Å²) >= 11 is 0. The van der Waals surface area contributed by atoms with Crippen molar-refractivity contribution >= 4 is 18.3 Å².